The van der Waals surface area contributed by atoms with Crippen molar-refractivity contribution in [2.24, 2.45) is 0 Å². The first kappa shape index (κ1) is 9.27. The van der Waals surface area contributed by atoms with Crippen LogP contribution in [0.15, 0.2) is 18.5 Å². The summed E-state index contributed by atoms with van der Waals surface area (Å²) in [5, 5.41) is 11.4. The number of imidazole rings is 1. The maximum absolute atomic E-state index is 11.4. The molecular weight excluding hydrogens is 202 g/mol. The Hall–Kier alpha value is -1.29. The topological polar surface area (TPSA) is 50.6 Å². The zero-order valence-electron chi connectivity index (χ0n) is 7.38. The molecule has 1 aliphatic carbocycles. The minimum absolute atomic E-state index is 0. The second-order valence-corrected chi connectivity index (χ2v) is 3.36. The average Bonchev–Trinajstić information content (AvgIpc) is 2.88. The van der Waals surface area contributed by atoms with Crippen molar-refractivity contribution in [2.45, 2.75) is 18.9 Å². The lowest BCUT2D eigenvalue weighted by Gasteiger charge is -1.98. The average molecular weight is 211 g/mol. The normalized spacial score (nSPS) is 15.4. The Morgan fingerprint density at radius 1 is 1.43 bits per heavy atom. The number of nitrogens with zero attached hydrogens (tertiary/aromatic N) is 3. The van der Waals surface area contributed by atoms with E-state index in [2.05, 4.69) is 9.97 Å². The van der Waals surface area contributed by atoms with Crippen LogP contribution >= 0.6 is 12.4 Å². The van der Waals surface area contributed by atoms with Crippen LogP contribution in [-0.4, -0.2) is 14.5 Å². The lowest BCUT2D eigenvalue weighted by atomic mass is 10.4. The van der Waals surface area contributed by atoms with Gasteiger partial charge >= 0.3 is 6.01 Å². The molecule has 3 rings (SSSR count). The van der Waals surface area contributed by atoms with Crippen molar-refractivity contribution in [1.29, 1.82) is 0 Å². The highest BCUT2D eigenvalue weighted by atomic mass is 35.5. The second kappa shape index (κ2) is 3.13. The SMILES string of the molecule is Cl.[O]c1nc2cnccc2n1C1CC1. The predicted octanol–water partition coefficient (Wildman–Crippen LogP) is 2.33. The van der Waals surface area contributed by atoms with Crippen molar-refractivity contribution in [3.63, 3.8) is 0 Å². The fourth-order valence-electron chi connectivity index (χ4n) is 1.61. The molecule has 2 heterocycles. The smallest absolute Gasteiger partial charge is 0.287 e. The van der Waals surface area contributed by atoms with Crippen LogP contribution in [-0.2, 0) is 5.11 Å². The summed E-state index contributed by atoms with van der Waals surface area (Å²) in [4.78, 5) is 7.85. The van der Waals surface area contributed by atoms with Crippen LogP contribution in [0.3, 0.4) is 0 Å². The fraction of sp³-hybridized carbons (Fsp3) is 0.333. The summed E-state index contributed by atoms with van der Waals surface area (Å²) in [5.41, 5.74) is 1.63. The van der Waals surface area contributed by atoms with Gasteiger partial charge in [-0.2, -0.15) is 4.98 Å². The molecule has 0 unspecified atom stereocenters. The molecule has 0 bridgehead atoms. The minimum atomic E-state index is -0.134. The summed E-state index contributed by atoms with van der Waals surface area (Å²) in [6.07, 6.45) is 5.53. The van der Waals surface area contributed by atoms with E-state index in [1.807, 2.05) is 6.07 Å². The molecule has 5 heteroatoms. The van der Waals surface area contributed by atoms with Crippen molar-refractivity contribution in [1.82, 2.24) is 14.5 Å². The first-order chi connectivity index (χ1) is 6.36. The third-order valence-corrected chi connectivity index (χ3v) is 2.37. The largest absolute Gasteiger partial charge is 0.349 e. The van der Waals surface area contributed by atoms with E-state index in [4.69, 9.17) is 0 Å². The van der Waals surface area contributed by atoms with Crippen molar-refractivity contribution in [3.05, 3.63) is 18.5 Å². The van der Waals surface area contributed by atoms with Crippen molar-refractivity contribution < 1.29 is 5.11 Å². The van der Waals surface area contributed by atoms with Crippen LogP contribution in [0.25, 0.3) is 11.0 Å². The molecule has 0 N–H and O–H groups in total. The van der Waals surface area contributed by atoms with Crippen LogP contribution in [0.5, 0.6) is 6.01 Å². The van der Waals surface area contributed by atoms with Gasteiger partial charge in [-0.25, -0.2) is 5.11 Å². The van der Waals surface area contributed by atoms with E-state index in [-0.39, 0.29) is 18.4 Å². The molecule has 73 valence electrons. The third-order valence-electron chi connectivity index (χ3n) is 2.37. The zero-order chi connectivity index (χ0) is 8.84. The number of rotatable bonds is 1. The Bertz CT molecular complexity index is 464. The Labute approximate surface area is 87.0 Å². The molecule has 2 aromatic rings. The van der Waals surface area contributed by atoms with Gasteiger partial charge in [0.05, 0.1) is 11.7 Å². The van der Waals surface area contributed by atoms with E-state index in [1.165, 1.54) is 0 Å². The number of hydrogen-bond donors (Lipinski definition) is 0. The number of fused-ring (bicyclic) bond motifs is 1. The van der Waals surface area contributed by atoms with Gasteiger partial charge in [-0.1, -0.05) is 0 Å². The molecule has 1 fully saturated rings. The van der Waals surface area contributed by atoms with Crippen molar-refractivity contribution in [3.8, 4) is 6.01 Å². The Kier molecular flexibility index (Phi) is 2.07. The maximum Gasteiger partial charge on any atom is 0.349 e. The van der Waals surface area contributed by atoms with E-state index in [9.17, 15) is 5.11 Å². The van der Waals surface area contributed by atoms with Crippen LogP contribution in [0.2, 0.25) is 0 Å². The molecule has 0 aliphatic heterocycles. The molecule has 0 atom stereocenters. The third kappa shape index (κ3) is 1.23. The van der Waals surface area contributed by atoms with Gasteiger partial charge in [-0.3, -0.25) is 9.55 Å². The summed E-state index contributed by atoms with van der Waals surface area (Å²) < 4.78 is 1.77. The van der Waals surface area contributed by atoms with Crippen LogP contribution in [0, 0.1) is 0 Å². The first-order valence-corrected chi connectivity index (χ1v) is 4.35. The molecule has 1 saturated carbocycles. The molecular formula is C9H9ClN3O. The molecule has 0 spiro atoms. The zero-order valence-corrected chi connectivity index (χ0v) is 8.20. The highest BCUT2D eigenvalue weighted by molar-refractivity contribution is 5.85. The fourth-order valence-corrected chi connectivity index (χ4v) is 1.61. The highest BCUT2D eigenvalue weighted by Crippen LogP contribution is 2.40. The first-order valence-electron chi connectivity index (χ1n) is 4.35. The summed E-state index contributed by atoms with van der Waals surface area (Å²) in [5.74, 6) is 0. The summed E-state index contributed by atoms with van der Waals surface area (Å²) in [6.45, 7) is 0. The van der Waals surface area contributed by atoms with Crippen LogP contribution in [0.1, 0.15) is 18.9 Å². The Morgan fingerprint density at radius 3 is 2.93 bits per heavy atom. The highest BCUT2D eigenvalue weighted by Gasteiger charge is 2.28. The second-order valence-electron chi connectivity index (χ2n) is 3.36. The molecule has 0 saturated heterocycles. The van der Waals surface area contributed by atoms with E-state index in [0.717, 1.165) is 18.4 Å². The van der Waals surface area contributed by atoms with E-state index in [0.29, 0.717) is 11.6 Å². The molecule has 0 amide bonds. The van der Waals surface area contributed by atoms with Gasteiger partial charge in [0.2, 0.25) is 0 Å². The van der Waals surface area contributed by atoms with Crippen molar-refractivity contribution in [2.75, 3.05) is 0 Å². The van der Waals surface area contributed by atoms with Gasteiger partial charge in [0.1, 0.15) is 5.52 Å². The molecule has 1 aliphatic rings. The van der Waals surface area contributed by atoms with E-state index in [1.54, 1.807) is 17.0 Å². The summed E-state index contributed by atoms with van der Waals surface area (Å²) >= 11 is 0. The monoisotopic (exact) mass is 210 g/mol. The Morgan fingerprint density at radius 2 is 2.21 bits per heavy atom. The van der Waals surface area contributed by atoms with Gasteiger partial charge < -0.3 is 0 Å². The quantitative estimate of drug-likeness (QED) is 0.726. The standard InChI is InChI=1S/C9H8N3O.ClH/c13-9-11-7-5-10-4-3-8(7)12(9)6-1-2-6;/h3-6H,1-2H2;1H. The predicted molar refractivity (Wildman–Crippen MR) is 53.2 cm³/mol. The lowest BCUT2D eigenvalue weighted by molar-refractivity contribution is 0.301. The number of pyridine rings is 1. The van der Waals surface area contributed by atoms with Gasteiger partial charge in [0.25, 0.3) is 0 Å². The minimum Gasteiger partial charge on any atom is -0.287 e. The van der Waals surface area contributed by atoms with Crippen molar-refractivity contribution >= 4 is 23.4 Å². The number of halogens is 1. The van der Waals surface area contributed by atoms with Gasteiger partial charge in [0.15, 0.2) is 0 Å². The molecule has 4 nitrogen and oxygen atoms in total. The molecule has 0 aromatic carbocycles. The summed E-state index contributed by atoms with van der Waals surface area (Å²) in [7, 11) is 0. The van der Waals surface area contributed by atoms with Crippen LogP contribution < -0.4 is 0 Å². The lowest BCUT2D eigenvalue weighted by Crippen LogP contribution is -1.91. The summed E-state index contributed by atoms with van der Waals surface area (Å²) in [6, 6.07) is 2.10. The maximum atomic E-state index is 11.4. The van der Waals surface area contributed by atoms with E-state index < -0.39 is 0 Å². The van der Waals surface area contributed by atoms with Gasteiger partial charge in [-0.05, 0) is 18.9 Å². The van der Waals surface area contributed by atoms with Gasteiger partial charge in [-0.15, -0.1) is 12.4 Å². The Balaban J connectivity index is 0.000000750. The van der Waals surface area contributed by atoms with Gasteiger partial charge in [0, 0.05) is 12.2 Å². The number of aromatic nitrogens is 3. The van der Waals surface area contributed by atoms with Crippen LogP contribution in [0.4, 0.5) is 0 Å². The molecule has 2 aromatic heterocycles. The molecule has 1 radical (unpaired) electrons. The van der Waals surface area contributed by atoms with E-state index >= 15 is 0 Å². The number of hydrogen-bond acceptors (Lipinski definition) is 2. The molecule has 14 heavy (non-hydrogen) atoms.